The number of benzene rings is 1. The van der Waals surface area contributed by atoms with Gasteiger partial charge in [0.2, 0.25) is 0 Å². The van der Waals surface area contributed by atoms with Crippen LogP contribution in [-0.4, -0.2) is 15.3 Å². The number of Topliss-reactive ketones (excluding diaryl/α,β-unsaturated/α-hetero) is 1. The number of carbonyl (C=O) groups is 1. The van der Waals surface area contributed by atoms with Crippen LogP contribution in [0.4, 0.5) is 0 Å². The molecule has 94 valence electrons. The highest BCUT2D eigenvalue weighted by atomic mass is 79.9. The summed E-state index contributed by atoms with van der Waals surface area (Å²) in [5.74, 6) is 1.04. The van der Waals surface area contributed by atoms with Gasteiger partial charge in [0, 0.05) is 28.9 Å². The standard InChI is InChI=1S/C14H15BrN2O/c1-3-13-16-8-9-17(13)10(2)14(18)11-4-6-12(15)7-5-11/h4-10H,3H2,1-2H3. The Hall–Kier alpha value is -1.42. The van der Waals surface area contributed by atoms with Gasteiger partial charge in [-0.2, -0.15) is 0 Å². The van der Waals surface area contributed by atoms with Gasteiger partial charge in [0.25, 0.3) is 0 Å². The predicted octanol–water partition coefficient (Wildman–Crippen LogP) is 3.65. The molecule has 0 aliphatic heterocycles. The first-order valence-corrected chi connectivity index (χ1v) is 6.74. The molecule has 0 saturated heterocycles. The first kappa shape index (κ1) is 13.0. The van der Waals surface area contributed by atoms with E-state index < -0.39 is 0 Å². The highest BCUT2D eigenvalue weighted by Crippen LogP contribution is 2.18. The molecule has 0 N–H and O–H groups in total. The topological polar surface area (TPSA) is 34.9 Å². The van der Waals surface area contributed by atoms with Gasteiger partial charge in [-0.3, -0.25) is 4.79 Å². The van der Waals surface area contributed by atoms with Crippen molar-refractivity contribution in [1.29, 1.82) is 0 Å². The highest BCUT2D eigenvalue weighted by molar-refractivity contribution is 9.10. The molecule has 2 aromatic rings. The molecule has 3 nitrogen and oxygen atoms in total. The van der Waals surface area contributed by atoms with Crippen molar-refractivity contribution >= 4 is 21.7 Å². The van der Waals surface area contributed by atoms with Gasteiger partial charge in [0.05, 0.1) is 6.04 Å². The van der Waals surface area contributed by atoms with Crippen molar-refractivity contribution in [2.45, 2.75) is 26.3 Å². The van der Waals surface area contributed by atoms with E-state index in [0.29, 0.717) is 0 Å². The van der Waals surface area contributed by atoms with Gasteiger partial charge in [0.1, 0.15) is 5.82 Å². The zero-order chi connectivity index (χ0) is 13.1. The number of hydrogen-bond donors (Lipinski definition) is 0. The van der Waals surface area contributed by atoms with Crippen LogP contribution in [0.15, 0.2) is 41.1 Å². The van der Waals surface area contributed by atoms with Gasteiger partial charge in [-0.1, -0.05) is 35.0 Å². The minimum absolute atomic E-state index is 0.107. The maximum atomic E-state index is 12.4. The van der Waals surface area contributed by atoms with Crippen LogP contribution in [0.1, 0.15) is 36.1 Å². The zero-order valence-electron chi connectivity index (χ0n) is 10.4. The molecule has 0 spiro atoms. The summed E-state index contributed by atoms with van der Waals surface area (Å²) in [4.78, 5) is 16.6. The lowest BCUT2D eigenvalue weighted by molar-refractivity contribution is 0.0933. The number of aryl methyl sites for hydroxylation is 1. The van der Waals surface area contributed by atoms with Gasteiger partial charge in [-0.25, -0.2) is 4.98 Å². The number of carbonyl (C=O) groups excluding carboxylic acids is 1. The maximum Gasteiger partial charge on any atom is 0.185 e. The van der Waals surface area contributed by atoms with Crippen molar-refractivity contribution in [3.05, 3.63) is 52.5 Å². The van der Waals surface area contributed by atoms with Crippen molar-refractivity contribution in [3.8, 4) is 0 Å². The Morgan fingerprint density at radius 2 is 2.06 bits per heavy atom. The van der Waals surface area contributed by atoms with Crippen LogP contribution >= 0.6 is 15.9 Å². The Labute approximate surface area is 115 Å². The number of nitrogens with zero attached hydrogens (tertiary/aromatic N) is 2. The van der Waals surface area contributed by atoms with Crippen LogP contribution in [0, 0.1) is 0 Å². The molecule has 2 rings (SSSR count). The number of imidazole rings is 1. The van der Waals surface area contributed by atoms with Gasteiger partial charge < -0.3 is 4.57 Å². The summed E-state index contributed by atoms with van der Waals surface area (Å²) in [5, 5.41) is 0. The van der Waals surface area contributed by atoms with Gasteiger partial charge in [-0.05, 0) is 19.1 Å². The first-order valence-electron chi connectivity index (χ1n) is 5.95. The Balaban J connectivity index is 2.26. The third-order valence-corrected chi connectivity index (χ3v) is 3.52. The summed E-state index contributed by atoms with van der Waals surface area (Å²) < 4.78 is 2.91. The second kappa shape index (κ2) is 5.48. The number of hydrogen-bond acceptors (Lipinski definition) is 2. The van der Waals surface area contributed by atoms with E-state index in [1.807, 2.05) is 48.9 Å². The molecule has 1 aromatic heterocycles. The Morgan fingerprint density at radius 3 is 2.67 bits per heavy atom. The molecule has 0 radical (unpaired) electrons. The number of rotatable bonds is 4. The second-order valence-electron chi connectivity index (χ2n) is 4.15. The van der Waals surface area contributed by atoms with E-state index in [1.165, 1.54) is 0 Å². The van der Waals surface area contributed by atoms with Gasteiger partial charge in [0.15, 0.2) is 5.78 Å². The Morgan fingerprint density at radius 1 is 1.39 bits per heavy atom. The fraction of sp³-hybridized carbons (Fsp3) is 0.286. The summed E-state index contributed by atoms with van der Waals surface area (Å²) in [7, 11) is 0. The van der Waals surface area contributed by atoms with Crippen LogP contribution in [0.3, 0.4) is 0 Å². The van der Waals surface area contributed by atoms with Crippen molar-refractivity contribution in [2.24, 2.45) is 0 Å². The van der Waals surface area contributed by atoms with E-state index in [2.05, 4.69) is 20.9 Å². The van der Waals surface area contributed by atoms with Gasteiger partial charge in [-0.15, -0.1) is 0 Å². The lowest BCUT2D eigenvalue weighted by Gasteiger charge is -2.14. The minimum atomic E-state index is -0.219. The quantitative estimate of drug-likeness (QED) is 0.808. The van der Waals surface area contributed by atoms with E-state index in [1.54, 1.807) is 6.20 Å². The molecule has 1 atom stereocenters. The average molecular weight is 307 g/mol. The smallest absolute Gasteiger partial charge is 0.185 e. The Bertz CT molecular complexity index is 545. The highest BCUT2D eigenvalue weighted by Gasteiger charge is 2.18. The molecule has 0 aliphatic rings. The van der Waals surface area contributed by atoms with Crippen molar-refractivity contribution < 1.29 is 4.79 Å². The number of ketones is 1. The van der Waals surface area contributed by atoms with Crippen molar-refractivity contribution in [3.63, 3.8) is 0 Å². The van der Waals surface area contributed by atoms with Crippen LogP contribution < -0.4 is 0 Å². The van der Waals surface area contributed by atoms with E-state index in [9.17, 15) is 4.79 Å². The lowest BCUT2D eigenvalue weighted by atomic mass is 10.1. The fourth-order valence-electron chi connectivity index (χ4n) is 1.95. The Kier molecular flexibility index (Phi) is 3.97. The third kappa shape index (κ3) is 2.53. The SMILES string of the molecule is CCc1nccn1C(C)C(=O)c1ccc(Br)cc1. The van der Waals surface area contributed by atoms with Crippen LogP contribution in [0.5, 0.6) is 0 Å². The molecule has 0 aliphatic carbocycles. The molecule has 1 aromatic carbocycles. The molecule has 0 saturated carbocycles. The molecular weight excluding hydrogens is 292 g/mol. The molecule has 0 fully saturated rings. The van der Waals surface area contributed by atoms with E-state index >= 15 is 0 Å². The molecule has 1 heterocycles. The molecule has 4 heteroatoms. The third-order valence-electron chi connectivity index (χ3n) is 2.99. The normalized spacial score (nSPS) is 12.4. The van der Waals surface area contributed by atoms with Crippen molar-refractivity contribution in [2.75, 3.05) is 0 Å². The fourth-order valence-corrected chi connectivity index (χ4v) is 2.22. The molecule has 1 unspecified atom stereocenters. The maximum absolute atomic E-state index is 12.4. The predicted molar refractivity (Wildman–Crippen MR) is 74.8 cm³/mol. The number of aromatic nitrogens is 2. The van der Waals surface area contributed by atoms with Gasteiger partial charge >= 0.3 is 0 Å². The monoisotopic (exact) mass is 306 g/mol. The van der Waals surface area contributed by atoms with E-state index in [0.717, 1.165) is 22.3 Å². The summed E-state index contributed by atoms with van der Waals surface area (Å²) in [5.41, 5.74) is 0.724. The first-order chi connectivity index (χ1) is 8.63. The lowest BCUT2D eigenvalue weighted by Crippen LogP contribution is -2.18. The molecule has 0 amide bonds. The van der Waals surface area contributed by atoms with Crippen molar-refractivity contribution in [1.82, 2.24) is 9.55 Å². The molecule has 0 bridgehead atoms. The van der Waals surface area contributed by atoms with E-state index in [-0.39, 0.29) is 11.8 Å². The van der Waals surface area contributed by atoms with E-state index in [4.69, 9.17) is 0 Å². The molecular formula is C14H15BrN2O. The average Bonchev–Trinajstić information content (AvgIpc) is 2.86. The van der Waals surface area contributed by atoms with Crippen LogP contribution in [-0.2, 0) is 6.42 Å². The summed E-state index contributed by atoms with van der Waals surface area (Å²) in [6.07, 6.45) is 4.43. The minimum Gasteiger partial charge on any atom is -0.324 e. The zero-order valence-corrected chi connectivity index (χ0v) is 12.0. The largest absolute Gasteiger partial charge is 0.324 e. The van der Waals surface area contributed by atoms with Crippen LogP contribution in [0.25, 0.3) is 0 Å². The number of halogens is 1. The molecule has 18 heavy (non-hydrogen) atoms. The van der Waals surface area contributed by atoms with Crippen LogP contribution in [0.2, 0.25) is 0 Å². The summed E-state index contributed by atoms with van der Waals surface area (Å²) in [6.45, 7) is 3.95. The summed E-state index contributed by atoms with van der Waals surface area (Å²) >= 11 is 3.37. The second-order valence-corrected chi connectivity index (χ2v) is 5.07. The summed E-state index contributed by atoms with van der Waals surface area (Å²) in [6, 6.07) is 7.23.